The number of nitrogens with two attached hydrogens (primary N) is 1. The van der Waals surface area contributed by atoms with E-state index < -0.39 is 6.43 Å². The third-order valence-corrected chi connectivity index (χ3v) is 1.76. The van der Waals surface area contributed by atoms with Gasteiger partial charge in [0.25, 0.3) is 6.43 Å². The molecule has 0 aliphatic rings. The molecule has 0 aliphatic heterocycles. The lowest BCUT2D eigenvalue weighted by Crippen LogP contribution is -2.17. The lowest BCUT2D eigenvalue weighted by Gasteiger charge is -2.06. The maximum Gasteiger partial charge on any atom is 0.263 e. The molecule has 1 rings (SSSR count). The molecule has 1 aromatic rings. The first-order valence-corrected chi connectivity index (χ1v) is 4.22. The minimum absolute atomic E-state index is 0.00734. The Bertz CT molecular complexity index is 271. The Kier molecular flexibility index (Phi) is 3.37. The highest BCUT2D eigenvalue weighted by molar-refractivity contribution is 5.24. The Morgan fingerprint density at radius 2 is 2.08 bits per heavy atom. The minimum atomic E-state index is -2.40. The Morgan fingerprint density at radius 3 is 2.62 bits per heavy atom. The Balaban J connectivity index is 2.79. The van der Waals surface area contributed by atoms with Gasteiger partial charge in [-0.3, -0.25) is 0 Å². The number of halogens is 2. The molecule has 0 heterocycles. The van der Waals surface area contributed by atoms with Crippen LogP contribution in [0.15, 0.2) is 24.3 Å². The Hall–Kier alpha value is -0.960. The van der Waals surface area contributed by atoms with Crippen LogP contribution in [0.25, 0.3) is 0 Å². The summed E-state index contributed by atoms with van der Waals surface area (Å²) < 4.78 is 24.5. The van der Waals surface area contributed by atoms with Gasteiger partial charge in [-0.15, -0.1) is 0 Å². The van der Waals surface area contributed by atoms with Crippen LogP contribution in [0, 0.1) is 0 Å². The number of hydrogen-bond acceptors (Lipinski definition) is 1. The number of hydrogen-bond donors (Lipinski definition) is 1. The predicted octanol–water partition coefficient (Wildman–Crippen LogP) is 2.51. The zero-order valence-electron chi connectivity index (χ0n) is 7.50. The van der Waals surface area contributed by atoms with E-state index in [1.807, 2.05) is 13.0 Å². The van der Waals surface area contributed by atoms with Crippen LogP contribution < -0.4 is 5.73 Å². The molecular weight excluding hydrogens is 172 g/mol. The molecule has 3 heteroatoms. The van der Waals surface area contributed by atoms with E-state index in [2.05, 4.69) is 0 Å². The van der Waals surface area contributed by atoms with Gasteiger partial charge in [0.05, 0.1) is 0 Å². The van der Waals surface area contributed by atoms with E-state index in [9.17, 15) is 8.78 Å². The number of rotatable bonds is 3. The second-order valence-corrected chi connectivity index (χ2v) is 3.23. The van der Waals surface area contributed by atoms with E-state index in [1.165, 1.54) is 12.1 Å². The van der Waals surface area contributed by atoms with Gasteiger partial charge in [0.1, 0.15) is 0 Å². The normalized spacial score (nSPS) is 13.3. The molecule has 0 amide bonds. The second-order valence-electron chi connectivity index (χ2n) is 3.23. The van der Waals surface area contributed by atoms with Crippen molar-refractivity contribution in [2.45, 2.75) is 25.8 Å². The monoisotopic (exact) mass is 185 g/mol. The first kappa shape index (κ1) is 10.1. The standard InChI is InChI=1S/C10H13F2N/c1-7(13)5-8-3-2-4-9(6-8)10(11)12/h2-4,6-7,10H,5,13H2,1H3/t7-/m0/s1. The molecule has 1 atom stereocenters. The van der Waals surface area contributed by atoms with E-state index in [0.717, 1.165) is 5.56 Å². The maximum absolute atomic E-state index is 12.3. The van der Waals surface area contributed by atoms with Crippen molar-refractivity contribution in [3.63, 3.8) is 0 Å². The molecule has 0 unspecified atom stereocenters. The summed E-state index contributed by atoms with van der Waals surface area (Å²) in [5, 5.41) is 0. The Morgan fingerprint density at radius 1 is 1.38 bits per heavy atom. The summed E-state index contributed by atoms with van der Waals surface area (Å²) in [7, 11) is 0. The maximum atomic E-state index is 12.3. The molecule has 13 heavy (non-hydrogen) atoms. The van der Waals surface area contributed by atoms with Crippen molar-refractivity contribution in [2.75, 3.05) is 0 Å². The first-order chi connectivity index (χ1) is 6.09. The van der Waals surface area contributed by atoms with E-state index in [-0.39, 0.29) is 11.6 Å². The lowest BCUT2D eigenvalue weighted by atomic mass is 10.1. The summed E-state index contributed by atoms with van der Waals surface area (Å²) in [5.74, 6) is 0. The molecule has 72 valence electrons. The quantitative estimate of drug-likeness (QED) is 0.769. The minimum Gasteiger partial charge on any atom is -0.328 e. The van der Waals surface area contributed by atoms with E-state index in [4.69, 9.17) is 5.73 Å². The molecule has 0 saturated carbocycles. The highest BCUT2D eigenvalue weighted by atomic mass is 19.3. The van der Waals surface area contributed by atoms with Gasteiger partial charge in [-0.25, -0.2) is 8.78 Å². The summed E-state index contributed by atoms with van der Waals surface area (Å²) >= 11 is 0. The van der Waals surface area contributed by atoms with E-state index in [0.29, 0.717) is 6.42 Å². The van der Waals surface area contributed by atoms with Crippen LogP contribution in [0.3, 0.4) is 0 Å². The summed E-state index contributed by atoms with van der Waals surface area (Å²) in [6.45, 7) is 1.86. The highest BCUT2D eigenvalue weighted by Gasteiger charge is 2.07. The molecule has 1 aromatic carbocycles. The fraction of sp³-hybridized carbons (Fsp3) is 0.400. The second kappa shape index (κ2) is 4.33. The van der Waals surface area contributed by atoms with Gasteiger partial charge in [0, 0.05) is 11.6 Å². The van der Waals surface area contributed by atoms with Crippen LogP contribution in [0.4, 0.5) is 8.78 Å². The predicted molar refractivity (Wildman–Crippen MR) is 48.8 cm³/mol. The summed E-state index contributed by atoms with van der Waals surface area (Å²) in [4.78, 5) is 0. The topological polar surface area (TPSA) is 26.0 Å². The van der Waals surface area contributed by atoms with E-state index >= 15 is 0 Å². The van der Waals surface area contributed by atoms with Crippen molar-refractivity contribution < 1.29 is 8.78 Å². The van der Waals surface area contributed by atoms with Crippen LogP contribution in [0.2, 0.25) is 0 Å². The largest absolute Gasteiger partial charge is 0.328 e. The van der Waals surface area contributed by atoms with Crippen LogP contribution in [0.5, 0.6) is 0 Å². The van der Waals surface area contributed by atoms with Gasteiger partial charge in [-0.2, -0.15) is 0 Å². The van der Waals surface area contributed by atoms with E-state index in [1.54, 1.807) is 6.07 Å². The van der Waals surface area contributed by atoms with Crippen molar-refractivity contribution in [1.82, 2.24) is 0 Å². The zero-order chi connectivity index (χ0) is 9.84. The van der Waals surface area contributed by atoms with Gasteiger partial charge in [-0.1, -0.05) is 24.3 Å². The molecule has 0 fully saturated rings. The molecular formula is C10H13F2N. The zero-order valence-corrected chi connectivity index (χ0v) is 7.50. The fourth-order valence-electron chi connectivity index (χ4n) is 1.23. The number of benzene rings is 1. The van der Waals surface area contributed by atoms with Crippen LogP contribution in [0.1, 0.15) is 24.5 Å². The fourth-order valence-corrected chi connectivity index (χ4v) is 1.23. The molecule has 0 aromatic heterocycles. The molecule has 2 N–H and O–H groups in total. The van der Waals surface area contributed by atoms with Crippen molar-refractivity contribution in [3.8, 4) is 0 Å². The van der Waals surface area contributed by atoms with Crippen molar-refractivity contribution in [1.29, 1.82) is 0 Å². The third kappa shape index (κ3) is 3.11. The van der Waals surface area contributed by atoms with Crippen LogP contribution >= 0.6 is 0 Å². The molecule has 0 aliphatic carbocycles. The van der Waals surface area contributed by atoms with Crippen LogP contribution in [-0.4, -0.2) is 6.04 Å². The number of alkyl halides is 2. The molecule has 0 spiro atoms. The van der Waals surface area contributed by atoms with Crippen molar-refractivity contribution in [2.24, 2.45) is 5.73 Å². The van der Waals surface area contributed by atoms with Crippen LogP contribution in [-0.2, 0) is 6.42 Å². The van der Waals surface area contributed by atoms with Gasteiger partial charge in [0.2, 0.25) is 0 Å². The average molecular weight is 185 g/mol. The molecule has 0 saturated heterocycles. The summed E-state index contributed by atoms with van der Waals surface area (Å²) in [6.07, 6.45) is -1.76. The first-order valence-electron chi connectivity index (χ1n) is 4.22. The SMILES string of the molecule is C[C@H](N)Cc1cccc(C(F)F)c1. The van der Waals surface area contributed by atoms with Crippen molar-refractivity contribution in [3.05, 3.63) is 35.4 Å². The van der Waals surface area contributed by atoms with Gasteiger partial charge < -0.3 is 5.73 Å². The molecule has 1 nitrogen and oxygen atoms in total. The van der Waals surface area contributed by atoms with Gasteiger partial charge in [-0.05, 0) is 18.9 Å². The van der Waals surface area contributed by atoms with Gasteiger partial charge in [0.15, 0.2) is 0 Å². The Labute approximate surface area is 76.6 Å². The summed E-state index contributed by atoms with van der Waals surface area (Å²) in [6, 6.07) is 6.39. The van der Waals surface area contributed by atoms with Gasteiger partial charge >= 0.3 is 0 Å². The molecule has 0 bridgehead atoms. The molecule has 0 radical (unpaired) electrons. The van der Waals surface area contributed by atoms with Crippen molar-refractivity contribution >= 4 is 0 Å². The third-order valence-electron chi connectivity index (χ3n) is 1.76. The average Bonchev–Trinajstić information content (AvgIpc) is 2.03. The lowest BCUT2D eigenvalue weighted by molar-refractivity contribution is 0.151. The highest BCUT2D eigenvalue weighted by Crippen LogP contribution is 2.19. The summed E-state index contributed by atoms with van der Waals surface area (Å²) in [5.41, 5.74) is 6.50. The smallest absolute Gasteiger partial charge is 0.263 e.